The van der Waals surface area contributed by atoms with E-state index in [1.54, 1.807) is 0 Å². The number of aryl methyl sites for hydroxylation is 1. The number of amides is 2. The second-order valence-electron chi connectivity index (χ2n) is 6.20. The van der Waals surface area contributed by atoms with Crippen molar-refractivity contribution in [2.75, 3.05) is 13.1 Å². The highest BCUT2D eigenvalue weighted by Gasteiger charge is 2.26. The van der Waals surface area contributed by atoms with E-state index < -0.39 is 5.97 Å². The summed E-state index contributed by atoms with van der Waals surface area (Å²) in [7, 11) is 0. The van der Waals surface area contributed by atoms with E-state index in [4.69, 9.17) is 5.11 Å². The van der Waals surface area contributed by atoms with E-state index in [1.807, 2.05) is 11.0 Å². The molecular weight excluding hydrogens is 292 g/mol. The summed E-state index contributed by atoms with van der Waals surface area (Å²) in [4.78, 5) is 25.0. The molecule has 0 saturated carbocycles. The van der Waals surface area contributed by atoms with E-state index in [2.05, 4.69) is 30.4 Å². The quantitative estimate of drug-likeness (QED) is 0.817. The number of hydrogen-bond donors (Lipinski definition) is 2. The molecule has 1 aromatic carbocycles. The second-order valence-corrected chi connectivity index (χ2v) is 6.20. The van der Waals surface area contributed by atoms with Crippen molar-refractivity contribution < 1.29 is 14.7 Å². The molecule has 5 heteroatoms. The lowest BCUT2D eigenvalue weighted by atomic mass is 9.99. The SMILES string of the molecule is Cc1cccc(C2CCCCCN2C(=O)NCCCC(=O)O)c1. The first kappa shape index (κ1) is 17.3. The zero-order valence-corrected chi connectivity index (χ0v) is 13.8. The number of urea groups is 1. The first-order chi connectivity index (χ1) is 11.1. The Kier molecular flexibility index (Phi) is 6.44. The van der Waals surface area contributed by atoms with E-state index in [0.717, 1.165) is 32.2 Å². The van der Waals surface area contributed by atoms with Gasteiger partial charge in [0, 0.05) is 19.5 Å². The lowest BCUT2D eigenvalue weighted by Crippen LogP contribution is -2.42. The lowest BCUT2D eigenvalue weighted by Gasteiger charge is -2.30. The molecule has 0 bridgehead atoms. The standard InChI is InChI=1S/C18H26N2O3/c1-14-7-5-8-15(13-14)16-9-3-2-4-12-20(16)18(23)19-11-6-10-17(21)22/h5,7-8,13,16H,2-4,6,9-12H2,1H3,(H,19,23)(H,21,22). The van der Waals surface area contributed by atoms with Crippen molar-refractivity contribution >= 4 is 12.0 Å². The lowest BCUT2D eigenvalue weighted by molar-refractivity contribution is -0.137. The Labute approximate surface area is 137 Å². The number of rotatable bonds is 5. The van der Waals surface area contributed by atoms with Gasteiger partial charge in [-0.15, -0.1) is 0 Å². The maximum atomic E-state index is 12.5. The van der Waals surface area contributed by atoms with Gasteiger partial charge in [0.25, 0.3) is 0 Å². The van der Waals surface area contributed by atoms with Gasteiger partial charge in [-0.05, 0) is 31.7 Å². The van der Waals surface area contributed by atoms with E-state index in [1.165, 1.54) is 11.1 Å². The maximum absolute atomic E-state index is 12.5. The van der Waals surface area contributed by atoms with Crippen LogP contribution < -0.4 is 5.32 Å². The average molecular weight is 318 g/mol. The summed E-state index contributed by atoms with van der Waals surface area (Å²) in [5.41, 5.74) is 2.39. The number of benzene rings is 1. The summed E-state index contributed by atoms with van der Waals surface area (Å²) in [5.74, 6) is -0.827. The number of carbonyl (C=O) groups excluding carboxylic acids is 1. The summed E-state index contributed by atoms with van der Waals surface area (Å²) in [6.45, 7) is 3.22. The first-order valence-corrected chi connectivity index (χ1v) is 8.41. The summed E-state index contributed by atoms with van der Waals surface area (Å²) >= 11 is 0. The van der Waals surface area contributed by atoms with Crippen LogP contribution in [-0.2, 0) is 4.79 Å². The molecule has 23 heavy (non-hydrogen) atoms. The number of likely N-dealkylation sites (tertiary alicyclic amines) is 1. The van der Waals surface area contributed by atoms with Crippen LogP contribution in [0.15, 0.2) is 24.3 Å². The van der Waals surface area contributed by atoms with Crippen molar-refractivity contribution in [1.29, 1.82) is 0 Å². The minimum absolute atomic E-state index is 0.0798. The van der Waals surface area contributed by atoms with Gasteiger partial charge in [0.2, 0.25) is 0 Å². The molecule has 2 N–H and O–H groups in total. The number of nitrogens with zero attached hydrogens (tertiary/aromatic N) is 1. The van der Waals surface area contributed by atoms with Crippen molar-refractivity contribution in [2.45, 2.75) is 51.5 Å². The smallest absolute Gasteiger partial charge is 0.317 e. The molecule has 1 saturated heterocycles. The number of carboxylic acid groups (broad SMARTS) is 1. The van der Waals surface area contributed by atoms with Crippen LogP contribution in [0.25, 0.3) is 0 Å². The average Bonchev–Trinajstić information content (AvgIpc) is 2.77. The van der Waals surface area contributed by atoms with Gasteiger partial charge in [-0.3, -0.25) is 4.79 Å². The summed E-state index contributed by atoms with van der Waals surface area (Å²) in [6.07, 6.45) is 4.81. The Hall–Kier alpha value is -2.04. The summed E-state index contributed by atoms with van der Waals surface area (Å²) in [6, 6.07) is 8.38. The monoisotopic (exact) mass is 318 g/mol. The first-order valence-electron chi connectivity index (χ1n) is 8.41. The van der Waals surface area contributed by atoms with Gasteiger partial charge in [-0.1, -0.05) is 42.7 Å². The fourth-order valence-corrected chi connectivity index (χ4v) is 3.11. The van der Waals surface area contributed by atoms with E-state index >= 15 is 0 Å². The molecule has 1 heterocycles. The van der Waals surface area contributed by atoms with E-state index in [0.29, 0.717) is 13.0 Å². The molecule has 1 atom stereocenters. The molecule has 0 radical (unpaired) electrons. The van der Waals surface area contributed by atoms with E-state index in [9.17, 15) is 9.59 Å². The number of aliphatic carboxylic acids is 1. The summed E-state index contributed by atoms with van der Waals surface area (Å²) in [5, 5.41) is 11.5. The number of carboxylic acids is 1. The van der Waals surface area contributed by atoms with Crippen molar-refractivity contribution in [3.63, 3.8) is 0 Å². The molecule has 5 nitrogen and oxygen atoms in total. The van der Waals surface area contributed by atoms with Crippen molar-refractivity contribution in [3.8, 4) is 0 Å². The highest BCUT2D eigenvalue weighted by atomic mass is 16.4. The third-order valence-electron chi connectivity index (χ3n) is 4.28. The number of hydrogen-bond acceptors (Lipinski definition) is 2. The fourth-order valence-electron chi connectivity index (χ4n) is 3.11. The summed E-state index contributed by atoms with van der Waals surface area (Å²) < 4.78 is 0. The number of carbonyl (C=O) groups is 2. The fraction of sp³-hybridized carbons (Fsp3) is 0.556. The molecule has 0 aliphatic carbocycles. The zero-order valence-electron chi connectivity index (χ0n) is 13.8. The molecule has 2 amide bonds. The van der Waals surface area contributed by atoms with Gasteiger partial charge in [0.15, 0.2) is 0 Å². The molecule has 1 aromatic rings. The normalized spacial score (nSPS) is 18.3. The van der Waals surface area contributed by atoms with Gasteiger partial charge in [-0.25, -0.2) is 4.79 Å². The predicted octanol–water partition coefficient (Wildman–Crippen LogP) is 3.49. The van der Waals surface area contributed by atoms with Gasteiger partial charge < -0.3 is 15.3 Å². The van der Waals surface area contributed by atoms with Crippen LogP contribution in [0, 0.1) is 6.92 Å². The Morgan fingerprint density at radius 2 is 2.13 bits per heavy atom. The molecular formula is C18H26N2O3. The molecule has 2 rings (SSSR count). The molecule has 1 aliphatic rings. The largest absolute Gasteiger partial charge is 0.481 e. The Balaban J connectivity index is 2.02. The topological polar surface area (TPSA) is 69.6 Å². The van der Waals surface area contributed by atoms with Crippen molar-refractivity contribution in [2.24, 2.45) is 0 Å². The molecule has 0 aromatic heterocycles. The molecule has 1 aliphatic heterocycles. The van der Waals surface area contributed by atoms with Crippen LogP contribution >= 0.6 is 0 Å². The van der Waals surface area contributed by atoms with Crippen LogP contribution in [0.5, 0.6) is 0 Å². The van der Waals surface area contributed by atoms with Crippen LogP contribution in [0.1, 0.15) is 55.7 Å². The van der Waals surface area contributed by atoms with Gasteiger partial charge in [0.1, 0.15) is 0 Å². The van der Waals surface area contributed by atoms with Crippen LogP contribution in [0.4, 0.5) is 4.79 Å². The van der Waals surface area contributed by atoms with Crippen LogP contribution in [0.3, 0.4) is 0 Å². The predicted molar refractivity (Wildman–Crippen MR) is 89.4 cm³/mol. The van der Waals surface area contributed by atoms with Crippen molar-refractivity contribution in [1.82, 2.24) is 10.2 Å². The van der Waals surface area contributed by atoms with Crippen molar-refractivity contribution in [3.05, 3.63) is 35.4 Å². The zero-order chi connectivity index (χ0) is 16.7. The Bertz CT molecular complexity index is 545. The molecule has 126 valence electrons. The highest BCUT2D eigenvalue weighted by Crippen LogP contribution is 2.30. The van der Waals surface area contributed by atoms with E-state index in [-0.39, 0.29) is 18.5 Å². The van der Waals surface area contributed by atoms with Gasteiger partial charge >= 0.3 is 12.0 Å². The minimum atomic E-state index is -0.827. The maximum Gasteiger partial charge on any atom is 0.317 e. The highest BCUT2D eigenvalue weighted by molar-refractivity contribution is 5.75. The van der Waals surface area contributed by atoms with Gasteiger partial charge in [-0.2, -0.15) is 0 Å². The third-order valence-corrected chi connectivity index (χ3v) is 4.28. The van der Waals surface area contributed by atoms with Crippen LogP contribution in [-0.4, -0.2) is 35.1 Å². The molecule has 1 fully saturated rings. The number of nitrogens with one attached hydrogen (secondary N) is 1. The minimum Gasteiger partial charge on any atom is -0.481 e. The Morgan fingerprint density at radius 3 is 2.87 bits per heavy atom. The Morgan fingerprint density at radius 1 is 1.30 bits per heavy atom. The molecule has 0 spiro atoms. The molecule has 1 unspecified atom stereocenters. The van der Waals surface area contributed by atoms with Crippen LogP contribution in [0.2, 0.25) is 0 Å². The third kappa shape index (κ3) is 5.27. The second kappa shape index (κ2) is 8.56. The van der Waals surface area contributed by atoms with Gasteiger partial charge in [0.05, 0.1) is 6.04 Å².